The Bertz CT molecular complexity index is 967. The molecule has 3 N–H and O–H groups in total. The van der Waals surface area contributed by atoms with Crippen LogP contribution in [-0.4, -0.2) is 37.3 Å². The first-order valence-corrected chi connectivity index (χ1v) is 8.00. The highest BCUT2D eigenvalue weighted by molar-refractivity contribution is 6.02. The Kier molecular flexibility index (Phi) is 5.47. The molecule has 8 nitrogen and oxygen atoms in total. The predicted octanol–water partition coefficient (Wildman–Crippen LogP) is 2.22. The van der Waals surface area contributed by atoms with Crippen LogP contribution in [-0.2, 0) is 12.7 Å². The van der Waals surface area contributed by atoms with Gasteiger partial charge in [-0.2, -0.15) is 13.2 Å². The second kappa shape index (κ2) is 7.82. The lowest BCUT2D eigenvalue weighted by atomic mass is 10.1. The summed E-state index contributed by atoms with van der Waals surface area (Å²) in [5.74, 6) is -0.712. The van der Waals surface area contributed by atoms with E-state index in [2.05, 4.69) is 15.3 Å². The van der Waals surface area contributed by atoms with Crippen molar-refractivity contribution in [3.8, 4) is 0 Å². The molecule has 11 heteroatoms. The van der Waals surface area contributed by atoms with Crippen molar-refractivity contribution < 1.29 is 32.6 Å². The molecule has 0 radical (unpaired) electrons. The highest BCUT2D eigenvalue weighted by Crippen LogP contribution is 2.29. The lowest BCUT2D eigenvalue weighted by Crippen LogP contribution is -2.13. The average molecular weight is 396 g/mol. The van der Waals surface area contributed by atoms with E-state index in [0.29, 0.717) is 5.56 Å². The van der Waals surface area contributed by atoms with Gasteiger partial charge in [-0.3, -0.25) is 4.79 Å². The molecule has 0 fully saturated rings. The predicted molar refractivity (Wildman–Crippen MR) is 89.3 cm³/mol. The monoisotopic (exact) mass is 396 g/mol. The molecule has 28 heavy (non-hydrogen) atoms. The summed E-state index contributed by atoms with van der Waals surface area (Å²) in [6.45, 7) is -0.481. The normalized spacial score (nSPS) is 12.8. The highest BCUT2D eigenvalue weighted by atomic mass is 19.4. The zero-order valence-corrected chi connectivity index (χ0v) is 14.2. The number of nitrogens with zero attached hydrogens (tertiary/aromatic N) is 3. The van der Waals surface area contributed by atoms with Gasteiger partial charge in [0.2, 0.25) is 5.89 Å². The smallest absolute Gasteiger partial charge is 0.416 e. The second-order valence-corrected chi connectivity index (χ2v) is 5.85. The summed E-state index contributed by atoms with van der Waals surface area (Å²) >= 11 is 0. The van der Waals surface area contributed by atoms with Gasteiger partial charge in [-0.05, 0) is 17.7 Å². The van der Waals surface area contributed by atoms with E-state index in [1.165, 1.54) is 23.2 Å². The van der Waals surface area contributed by atoms with Crippen LogP contribution in [0.4, 0.5) is 19.0 Å². The van der Waals surface area contributed by atoms with Crippen molar-refractivity contribution in [2.24, 2.45) is 0 Å². The van der Waals surface area contributed by atoms with E-state index in [-0.39, 0.29) is 23.9 Å². The van der Waals surface area contributed by atoms with Crippen molar-refractivity contribution in [3.05, 3.63) is 65.8 Å². The number of anilines is 1. The molecule has 1 unspecified atom stereocenters. The minimum absolute atomic E-state index is 0.129. The van der Waals surface area contributed by atoms with Crippen LogP contribution in [0.25, 0.3) is 0 Å². The quantitative estimate of drug-likeness (QED) is 0.589. The van der Waals surface area contributed by atoms with E-state index in [1.54, 1.807) is 6.07 Å². The molecule has 3 rings (SSSR count). The molecule has 2 aromatic heterocycles. The Morgan fingerprint density at radius 3 is 2.86 bits per heavy atom. The number of halogens is 3. The van der Waals surface area contributed by atoms with Gasteiger partial charge >= 0.3 is 6.18 Å². The first-order chi connectivity index (χ1) is 13.3. The zero-order valence-electron chi connectivity index (χ0n) is 14.2. The van der Waals surface area contributed by atoms with Crippen molar-refractivity contribution in [2.45, 2.75) is 18.8 Å². The first kappa shape index (κ1) is 19.6. The zero-order chi connectivity index (χ0) is 20.3. The van der Waals surface area contributed by atoms with Crippen LogP contribution in [0.1, 0.15) is 33.6 Å². The number of oxazole rings is 1. The van der Waals surface area contributed by atoms with Crippen LogP contribution in [0.3, 0.4) is 0 Å². The fraction of sp³-hybridized carbons (Fsp3) is 0.235. The van der Waals surface area contributed by atoms with Gasteiger partial charge in [-0.1, -0.05) is 12.1 Å². The number of rotatable bonds is 6. The fourth-order valence-electron chi connectivity index (χ4n) is 2.37. The van der Waals surface area contributed by atoms with Crippen molar-refractivity contribution >= 4 is 11.7 Å². The summed E-state index contributed by atoms with van der Waals surface area (Å²) in [6, 6.07) is 4.90. The number of benzene rings is 1. The lowest BCUT2D eigenvalue weighted by molar-refractivity contribution is -0.137. The molecule has 0 bridgehead atoms. The second-order valence-electron chi connectivity index (χ2n) is 5.85. The molecule has 1 aromatic carbocycles. The molecule has 3 aromatic rings. The Labute approximate surface area is 156 Å². The number of aliphatic hydroxyl groups excluding tert-OH is 2. The van der Waals surface area contributed by atoms with E-state index in [9.17, 15) is 23.1 Å². The topological polar surface area (TPSA) is 113 Å². The van der Waals surface area contributed by atoms with Gasteiger partial charge in [-0.15, -0.1) is 0 Å². The minimum atomic E-state index is -4.43. The standard InChI is InChI=1S/C17H15F3N4O4/c18-17(19,20)11-3-1-2-10(4-11)5-24-6-14(21-9-24)23-15(27)12-8-28-16(22-12)13(26)7-25/h1-4,6,8-9,13,25-26H,5,7H2,(H,23,27). The number of imidazole rings is 1. The van der Waals surface area contributed by atoms with Crippen molar-refractivity contribution in [2.75, 3.05) is 11.9 Å². The maximum Gasteiger partial charge on any atom is 0.416 e. The number of aromatic nitrogens is 3. The summed E-state index contributed by atoms with van der Waals surface area (Å²) in [6.07, 6.45) is -1.94. The van der Waals surface area contributed by atoms with Crippen LogP contribution >= 0.6 is 0 Å². The Balaban J connectivity index is 1.66. The maximum atomic E-state index is 12.8. The van der Waals surface area contributed by atoms with Gasteiger partial charge in [0.1, 0.15) is 6.26 Å². The molecule has 0 saturated carbocycles. The summed E-state index contributed by atoms with van der Waals surface area (Å²) in [7, 11) is 0. The van der Waals surface area contributed by atoms with Gasteiger partial charge in [-0.25, -0.2) is 9.97 Å². The molecule has 1 atom stereocenters. The molecule has 2 heterocycles. The number of carbonyl (C=O) groups excluding carboxylic acids is 1. The number of hydrogen-bond acceptors (Lipinski definition) is 6. The van der Waals surface area contributed by atoms with Crippen molar-refractivity contribution in [1.82, 2.24) is 14.5 Å². The molecule has 0 aliphatic rings. The van der Waals surface area contributed by atoms with Crippen molar-refractivity contribution in [3.63, 3.8) is 0 Å². The van der Waals surface area contributed by atoms with Crippen molar-refractivity contribution in [1.29, 1.82) is 0 Å². The summed E-state index contributed by atoms with van der Waals surface area (Å²) in [5.41, 5.74) is -0.454. The number of aliphatic hydroxyl groups is 2. The molecular formula is C17H15F3N4O4. The van der Waals surface area contributed by atoms with E-state index in [4.69, 9.17) is 9.52 Å². The average Bonchev–Trinajstić information content (AvgIpc) is 3.30. The minimum Gasteiger partial charge on any atom is -0.445 e. The third-order valence-electron chi connectivity index (χ3n) is 3.71. The Morgan fingerprint density at radius 2 is 2.14 bits per heavy atom. The Morgan fingerprint density at radius 1 is 1.36 bits per heavy atom. The fourth-order valence-corrected chi connectivity index (χ4v) is 2.37. The van der Waals surface area contributed by atoms with Crippen LogP contribution < -0.4 is 5.32 Å². The summed E-state index contributed by atoms with van der Waals surface area (Å²) in [5, 5.41) is 20.7. The number of amides is 1. The summed E-state index contributed by atoms with van der Waals surface area (Å²) < 4.78 is 44.7. The number of hydrogen-bond donors (Lipinski definition) is 3. The van der Waals surface area contributed by atoms with Crippen LogP contribution in [0, 0.1) is 0 Å². The third kappa shape index (κ3) is 4.56. The molecule has 0 saturated heterocycles. The van der Waals surface area contributed by atoms with Gasteiger partial charge in [0, 0.05) is 12.7 Å². The van der Waals surface area contributed by atoms with Crippen LogP contribution in [0.15, 0.2) is 47.5 Å². The highest BCUT2D eigenvalue weighted by Gasteiger charge is 2.30. The van der Waals surface area contributed by atoms with Crippen LogP contribution in [0.5, 0.6) is 0 Å². The molecular weight excluding hydrogens is 381 g/mol. The molecule has 1 amide bonds. The lowest BCUT2D eigenvalue weighted by Gasteiger charge is -2.09. The third-order valence-corrected chi connectivity index (χ3v) is 3.71. The number of nitrogens with one attached hydrogen (secondary N) is 1. The number of alkyl halides is 3. The summed E-state index contributed by atoms with van der Waals surface area (Å²) in [4.78, 5) is 19.8. The van der Waals surface area contributed by atoms with Gasteiger partial charge < -0.3 is 24.5 Å². The van der Waals surface area contributed by atoms with Gasteiger partial charge in [0.25, 0.3) is 5.91 Å². The van der Waals surface area contributed by atoms with Gasteiger partial charge in [0.15, 0.2) is 17.6 Å². The van der Waals surface area contributed by atoms with Crippen LogP contribution in [0.2, 0.25) is 0 Å². The maximum absolute atomic E-state index is 12.8. The molecule has 0 spiro atoms. The molecule has 148 valence electrons. The van der Waals surface area contributed by atoms with E-state index >= 15 is 0 Å². The Hall–Kier alpha value is -3.18. The van der Waals surface area contributed by atoms with E-state index < -0.39 is 30.4 Å². The largest absolute Gasteiger partial charge is 0.445 e. The first-order valence-electron chi connectivity index (χ1n) is 8.00. The van der Waals surface area contributed by atoms with E-state index in [1.807, 2.05) is 0 Å². The molecule has 0 aliphatic carbocycles. The number of carbonyl (C=O) groups is 1. The van der Waals surface area contributed by atoms with Gasteiger partial charge in [0.05, 0.1) is 18.5 Å². The van der Waals surface area contributed by atoms with E-state index in [0.717, 1.165) is 18.4 Å². The molecule has 0 aliphatic heterocycles. The SMILES string of the molecule is O=C(Nc1cn(Cc2cccc(C(F)(F)F)c2)cn1)c1coc(C(O)CO)n1.